The molecule has 22 nitrogen and oxygen atoms in total. The fourth-order valence-electron chi connectivity index (χ4n) is 9.64. The van der Waals surface area contributed by atoms with Gasteiger partial charge >= 0.3 is 6.18 Å². The largest absolute Gasteiger partial charge is 0.406 e. The molecule has 5 aliphatic rings. The molecular formula is C91H168F5N11O11. The number of rotatable bonds is 12. The average molecular weight is 1690 g/mol. The molecule has 1 aromatic carbocycles. The standard InChI is InChI=1S/C17H21F2N3O.C10H21NO2.C10H19NO.2C9H17NO.C8H14F3NO.C8H15NO.C7H15NO.C6H13NO.C6H12O.CH4/c1-16(2,3)15(23)20-11-12-5-7-13(8-6-12)22-10-9-14(21-22)17(4,18)19;1-10(2,3)13-9-6-11-4-7-12-8-5-11;1-8-6-5-7-11(8)9(12)10(2,3)4;1-9(2,3)8(11)10(4)7-5-6-7;1-9(2,3)8(11)10-6-7-4-5-7;1-7(2,3)6(13)12(4)5-8(9,10)11;1-8(2,3)9-7(10)6-4-5-6;1-7(2,3)6(9)8(4)5;1-6(2,3)5(8)7-4;1-5(7)6(2,3)4;/h5-10H,11H2,1-4H3,(H,20,23);4-9H2,1-3H3;8H,5-7H2,1-4H3;7H,5-6H2,1-4H3;7H,4-6H2,1-3H3,(H,10,11);5H2,1-4H3;6H,4-5H2,1-3H3,(H,9,10);1-5H3;1-4H3,(H,7,8);1-4H3;1H4. The summed E-state index contributed by atoms with van der Waals surface area (Å²) in [5.74, 6) is -0.923. The van der Waals surface area contributed by atoms with Gasteiger partial charge in [-0.05, 0) is 136 Å². The first-order chi connectivity index (χ1) is 52.3. The molecule has 3 heterocycles. The first kappa shape index (κ1) is 118. The van der Waals surface area contributed by atoms with Gasteiger partial charge in [0.1, 0.15) is 18.0 Å². The molecule has 27 heteroatoms. The first-order valence-electron chi connectivity index (χ1n) is 41.5. The van der Waals surface area contributed by atoms with Gasteiger partial charge in [-0.25, -0.2) is 4.68 Å². The molecule has 5 fully saturated rings. The molecule has 0 bridgehead atoms. The number of carbonyl (C=O) groups is 9. The van der Waals surface area contributed by atoms with E-state index in [2.05, 4.69) is 59.0 Å². The van der Waals surface area contributed by atoms with Crippen molar-refractivity contribution in [2.45, 2.75) is 329 Å². The van der Waals surface area contributed by atoms with E-state index in [1.807, 2.05) is 195 Å². The number of hydrogen-bond donors (Lipinski definition) is 4. The van der Waals surface area contributed by atoms with Crippen LogP contribution >= 0.6 is 0 Å². The number of aromatic nitrogens is 2. The lowest BCUT2D eigenvalue weighted by Crippen LogP contribution is -2.41. The maximum absolute atomic E-state index is 13.2. The molecule has 8 amide bonds. The molecule has 7 rings (SSSR count). The number of hydrogen-bond acceptors (Lipinski definition) is 13. The van der Waals surface area contributed by atoms with Crippen LogP contribution in [0.5, 0.6) is 0 Å². The Bertz CT molecular complexity index is 3300. The van der Waals surface area contributed by atoms with Gasteiger partial charge in [-0.3, -0.25) is 48.1 Å². The highest BCUT2D eigenvalue weighted by molar-refractivity contribution is 5.85. The summed E-state index contributed by atoms with van der Waals surface area (Å²) in [7, 11) is 8.25. The van der Waals surface area contributed by atoms with Crippen molar-refractivity contribution in [1.82, 2.24) is 55.5 Å². The minimum Gasteiger partial charge on any atom is -0.379 e. The van der Waals surface area contributed by atoms with Gasteiger partial charge in [-0.2, -0.15) is 27.1 Å². The molecule has 1 aromatic heterocycles. The summed E-state index contributed by atoms with van der Waals surface area (Å²) in [5.41, 5.74) is -1.17. The maximum atomic E-state index is 13.2. The monoisotopic (exact) mass is 1690 g/mol. The number of amides is 8. The van der Waals surface area contributed by atoms with Crippen LogP contribution in [0.1, 0.15) is 299 Å². The maximum Gasteiger partial charge on any atom is 0.406 e. The fourth-order valence-corrected chi connectivity index (χ4v) is 9.64. The topological polar surface area (TPSA) is 254 Å². The molecule has 118 heavy (non-hydrogen) atoms. The van der Waals surface area contributed by atoms with Gasteiger partial charge in [0.25, 0.3) is 5.92 Å². The second-order valence-electron chi connectivity index (χ2n) is 41.7. The Hall–Kier alpha value is -6.61. The van der Waals surface area contributed by atoms with Crippen LogP contribution < -0.4 is 21.3 Å². The Labute approximate surface area is 712 Å². The highest BCUT2D eigenvalue weighted by atomic mass is 19.4. The summed E-state index contributed by atoms with van der Waals surface area (Å²) >= 11 is 0. The lowest BCUT2D eigenvalue weighted by Gasteiger charge is -2.29. The van der Waals surface area contributed by atoms with Gasteiger partial charge in [-0.1, -0.05) is 186 Å². The van der Waals surface area contributed by atoms with E-state index in [-0.39, 0.29) is 98.0 Å². The normalized spacial score (nSPS) is 15.8. The summed E-state index contributed by atoms with van der Waals surface area (Å²) < 4.78 is 74.3. The van der Waals surface area contributed by atoms with Crippen molar-refractivity contribution in [3.8, 4) is 5.69 Å². The minimum absolute atomic E-state index is 0. The van der Waals surface area contributed by atoms with Crippen LogP contribution in [0.2, 0.25) is 0 Å². The van der Waals surface area contributed by atoms with E-state index in [0.29, 0.717) is 41.0 Å². The Morgan fingerprint density at radius 1 is 0.542 bits per heavy atom. The lowest BCUT2D eigenvalue weighted by molar-refractivity contribution is -0.163. The lowest BCUT2D eigenvalue weighted by atomic mass is 9.92. The van der Waals surface area contributed by atoms with Crippen LogP contribution in [-0.4, -0.2) is 211 Å². The highest BCUT2D eigenvalue weighted by Gasteiger charge is 2.38. The number of benzene rings is 1. The average Bonchev–Trinajstić information content (AvgIpc) is 1.66. The van der Waals surface area contributed by atoms with E-state index >= 15 is 0 Å². The van der Waals surface area contributed by atoms with Crippen molar-refractivity contribution >= 4 is 53.0 Å². The zero-order chi connectivity index (χ0) is 92.6. The van der Waals surface area contributed by atoms with Crippen molar-refractivity contribution in [2.75, 3.05) is 94.3 Å². The first-order valence-corrected chi connectivity index (χ1v) is 41.5. The summed E-state index contributed by atoms with van der Waals surface area (Å²) in [6.07, 6.45) is 6.67. The van der Waals surface area contributed by atoms with Crippen LogP contribution in [0.4, 0.5) is 22.0 Å². The fraction of sp³-hybridized carbons (Fsp3) is 0.802. The summed E-state index contributed by atoms with van der Waals surface area (Å²) in [6, 6.07) is 9.54. The van der Waals surface area contributed by atoms with Crippen molar-refractivity contribution < 1.29 is 74.6 Å². The molecule has 1 atom stereocenters. The van der Waals surface area contributed by atoms with Crippen molar-refractivity contribution in [3.63, 3.8) is 0 Å². The molecule has 2 aromatic rings. The summed E-state index contributed by atoms with van der Waals surface area (Å²) in [6.45, 7) is 68.7. The van der Waals surface area contributed by atoms with Crippen LogP contribution in [0.15, 0.2) is 36.5 Å². The summed E-state index contributed by atoms with van der Waals surface area (Å²) in [5, 5.41) is 15.2. The zero-order valence-electron chi connectivity index (χ0n) is 80.0. The quantitative estimate of drug-likeness (QED) is 0.144. The van der Waals surface area contributed by atoms with Crippen molar-refractivity contribution in [1.29, 1.82) is 0 Å². The molecule has 2 aliphatic heterocycles. The SMILES string of the molecule is C.CC(=O)C(C)(C)C.CC(C)(C)C(=O)NCC1CC1.CC(C)(C)C(=O)NCc1ccc(-n2ccc(C(C)(F)F)n2)cc1.CC(C)(C)NC(=O)C1CC1.CC(C)(C)OCCN1CCOCC1.CC1CCCN1C(=O)C(C)(C)C.CN(C(=O)C(C)(C)C)C1CC1.CN(C)C(=O)C(C)(C)C.CN(CC(F)(F)F)C(=O)C(C)(C)C.CNC(=O)C(C)(C)C. The Kier molecular flexibility index (Phi) is 50.0. The van der Waals surface area contributed by atoms with Gasteiger partial charge in [0.15, 0.2) is 0 Å². The second-order valence-corrected chi connectivity index (χ2v) is 41.7. The van der Waals surface area contributed by atoms with Gasteiger partial charge in [0.2, 0.25) is 47.3 Å². The van der Waals surface area contributed by atoms with E-state index in [1.165, 1.54) is 55.5 Å². The molecular weight excluding hydrogens is 1520 g/mol. The number of likely N-dealkylation sites (tertiary alicyclic amines) is 1. The van der Waals surface area contributed by atoms with Crippen LogP contribution in [0.3, 0.4) is 0 Å². The molecule has 3 saturated carbocycles. The van der Waals surface area contributed by atoms with E-state index in [9.17, 15) is 65.1 Å². The third-order valence-electron chi connectivity index (χ3n) is 17.7. The number of nitrogens with one attached hydrogen (secondary N) is 4. The van der Waals surface area contributed by atoms with Gasteiger partial charge in [-0.15, -0.1) is 0 Å². The zero-order valence-corrected chi connectivity index (χ0v) is 80.0. The highest BCUT2D eigenvalue weighted by Crippen LogP contribution is 2.32. The van der Waals surface area contributed by atoms with E-state index in [0.717, 1.165) is 90.8 Å². The third-order valence-corrected chi connectivity index (χ3v) is 17.7. The van der Waals surface area contributed by atoms with Crippen LogP contribution in [0, 0.1) is 55.2 Å². The number of halogens is 5. The van der Waals surface area contributed by atoms with Crippen LogP contribution in [0.25, 0.3) is 5.69 Å². The number of Topliss-reactive ketones (excluding diaryl/α,β-unsaturated/α-hetero) is 1. The Morgan fingerprint density at radius 3 is 1.28 bits per heavy atom. The smallest absolute Gasteiger partial charge is 0.379 e. The van der Waals surface area contributed by atoms with E-state index < -0.39 is 35.4 Å². The Morgan fingerprint density at radius 2 is 0.983 bits per heavy atom. The second kappa shape index (κ2) is 50.1. The Balaban J connectivity index is -0.000000623. The number of morpholine rings is 1. The molecule has 0 radical (unpaired) electrons. The molecule has 688 valence electrons. The number of ketones is 1. The van der Waals surface area contributed by atoms with Gasteiger partial charge in [0.05, 0.1) is 31.1 Å². The van der Waals surface area contributed by atoms with E-state index in [4.69, 9.17) is 9.47 Å². The minimum atomic E-state index is -4.32. The number of ether oxygens (including phenoxy) is 2. The third kappa shape index (κ3) is 56.8. The molecule has 4 N–H and O–H groups in total. The van der Waals surface area contributed by atoms with Crippen molar-refractivity contribution in [3.05, 3.63) is 47.8 Å². The van der Waals surface area contributed by atoms with Crippen molar-refractivity contribution in [2.24, 2.45) is 55.2 Å². The molecule has 2 saturated heterocycles. The predicted octanol–water partition coefficient (Wildman–Crippen LogP) is 17.6. The molecule has 0 spiro atoms. The molecule has 1 unspecified atom stereocenters. The van der Waals surface area contributed by atoms with E-state index in [1.54, 1.807) is 65.9 Å². The number of carbonyl (C=O) groups excluding carboxylic acids is 9. The number of alkyl halides is 5. The molecule has 3 aliphatic carbocycles. The summed E-state index contributed by atoms with van der Waals surface area (Å²) in [4.78, 5) is 110. The number of nitrogens with zero attached hydrogens (tertiary/aromatic N) is 7. The van der Waals surface area contributed by atoms with Gasteiger partial charge in [0, 0.05) is 154 Å². The van der Waals surface area contributed by atoms with Gasteiger partial charge < -0.3 is 50.3 Å². The van der Waals surface area contributed by atoms with Crippen LogP contribution in [-0.2, 0) is 65.1 Å². The predicted molar refractivity (Wildman–Crippen MR) is 470 cm³/mol.